The molecule has 2 aromatic carbocycles. The zero-order chi connectivity index (χ0) is 19.8. The lowest BCUT2D eigenvalue weighted by Crippen LogP contribution is -2.39. The maximum atomic E-state index is 13.2. The van der Waals surface area contributed by atoms with Crippen LogP contribution in [0.2, 0.25) is 0 Å². The van der Waals surface area contributed by atoms with Crippen molar-refractivity contribution in [3.63, 3.8) is 0 Å². The van der Waals surface area contributed by atoms with E-state index in [1.165, 1.54) is 0 Å². The molecule has 0 saturated heterocycles. The molecule has 0 unspecified atom stereocenters. The van der Waals surface area contributed by atoms with Crippen LogP contribution in [-0.2, 0) is 13.0 Å². The molecule has 0 atom stereocenters. The van der Waals surface area contributed by atoms with E-state index in [0.717, 1.165) is 16.3 Å². The average molecular weight is 382 g/mol. The molecule has 3 heterocycles. The summed E-state index contributed by atoms with van der Waals surface area (Å²) in [5.74, 6) is 0.378. The Labute approximate surface area is 166 Å². The van der Waals surface area contributed by atoms with Crippen molar-refractivity contribution in [1.82, 2.24) is 19.9 Å². The van der Waals surface area contributed by atoms with Crippen LogP contribution in [0.25, 0.3) is 22.2 Å². The maximum Gasteiger partial charge on any atom is 0.273 e. The second kappa shape index (κ2) is 6.98. The molecule has 6 heteroatoms. The Morgan fingerprint density at radius 3 is 2.66 bits per heavy atom. The van der Waals surface area contributed by atoms with Gasteiger partial charge in [0.2, 0.25) is 0 Å². The first-order valence-electron chi connectivity index (χ1n) is 9.51. The van der Waals surface area contributed by atoms with E-state index in [1.54, 1.807) is 11.1 Å². The molecular weight excluding hydrogens is 364 g/mol. The third-order valence-electron chi connectivity index (χ3n) is 5.28. The summed E-state index contributed by atoms with van der Waals surface area (Å²) in [4.78, 5) is 39.4. The number of pyridine rings is 1. The summed E-state index contributed by atoms with van der Waals surface area (Å²) in [6, 6.07) is 19.1. The first-order chi connectivity index (χ1) is 14.2. The zero-order valence-corrected chi connectivity index (χ0v) is 15.6. The van der Waals surface area contributed by atoms with Crippen LogP contribution in [0.4, 0.5) is 0 Å². The maximum absolute atomic E-state index is 13.2. The van der Waals surface area contributed by atoms with E-state index in [4.69, 9.17) is 0 Å². The summed E-state index contributed by atoms with van der Waals surface area (Å²) in [6.07, 6.45) is 2.13. The topological polar surface area (TPSA) is 79.0 Å². The molecule has 2 aromatic heterocycles. The largest absolute Gasteiger partial charge is 0.331 e. The van der Waals surface area contributed by atoms with Crippen molar-refractivity contribution in [2.45, 2.75) is 13.0 Å². The molecule has 4 aromatic rings. The van der Waals surface area contributed by atoms with Gasteiger partial charge in [0.15, 0.2) is 0 Å². The van der Waals surface area contributed by atoms with Crippen LogP contribution < -0.4 is 5.56 Å². The first-order valence-corrected chi connectivity index (χ1v) is 9.51. The van der Waals surface area contributed by atoms with Crippen LogP contribution >= 0.6 is 0 Å². The van der Waals surface area contributed by atoms with E-state index in [9.17, 15) is 9.59 Å². The van der Waals surface area contributed by atoms with Gasteiger partial charge in [0.1, 0.15) is 11.5 Å². The van der Waals surface area contributed by atoms with E-state index in [0.29, 0.717) is 42.3 Å². The van der Waals surface area contributed by atoms with Gasteiger partial charge in [-0.05, 0) is 17.9 Å². The molecule has 29 heavy (non-hydrogen) atoms. The lowest BCUT2D eigenvalue weighted by molar-refractivity contribution is 0.0727. The average Bonchev–Trinajstić information content (AvgIpc) is 2.78. The second-order valence-corrected chi connectivity index (χ2v) is 7.06. The monoisotopic (exact) mass is 382 g/mol. The molecule has 1 N–H and O–H groups in total. The standard InChI is InChI=1S/C23H18N4O2/c28-22-18-11-13-27(14-19(18)25-21(26-22)16-7-2-1-3-8-16)23(29)20-17-9-5-4-6-15(17)10-12-24-20/h1-10,12H,11,13-14H2,(H,25,26,28). The van der Waals surface area contributed by atoms with Crippen molar-refractivity contribution in [2.24, 2.45) is 0 Å². The highest BCUT2D eigenvalue weighted by Crippen LogP contribution is 2.22. The second-order valence-electron chi connectivity index (χ2n) is 7.06. The van der Waals surface area contributed by atoms with Gasteiger partial charge in [-0.2, -0.15) is 0 Å². The molecule has 0 bridgehead atoms. The molecule has 0 spiro atoms. The van der Waals surface area contributed by atoms with Crippen LogP contribution in [0.3, 0.4) is 0 Å². The number of hydrogen-bond donors (Lipinski definition) is 1. The normalized spacial score (nSPS) is 13.3. The number of H-pyrrole nitrogens is 1. The molecule has 0 radical (unpaired) electrons. The number of amides is 1. The van der Waals surface area contributed by atoms with Crippen LogP contribution in [0.15, 0.2) is 71.7 Å². The van der Waals surface area contributed by atoms with E-state index >= 15 is 0 Å². The molecule has 142 valence electrons. The number of carbonyl (C=O) groups excluding carboxylic acids is 1. The molecule has 1 amide bonds. The summed E-state index contributed by atoms with van der Waals surface area (Å²) in [7, 11) is 0. The van der Waals surface area contributed by atoms with E-state index in [-0.39, 0.29) is 11.5 Å². The Morgan fingerprint density at radius 1 is 1.00 bits per heavy atom. The molecule has 0 aliphatic carbocycles. The van der Waals surface area contributed by atoms with Crippen LogP contribution in [0.5, 0.6) is 0 Å². The number of fused-ring (bicyclic) bond motifs is 2. The smallest absolute Gasteiger partial charge is 0.273 e. The molecule has 5 rings (SSSR count). The lowest BCUT2D eigenvalue weighted by atomic mass is 10.0. The summed E-state index contributed by atoms with van der Waals surface area (Å²) in [5.41, 5.74) is 2.43. The Hall–Kier alpha value is -3.80. The minimum absolute atomic E-state index is 0.135. The highest BCUT2D eigenvalue weighted by atomic mass is 16.2. The minimum atomic E-state index is -0.143. The Bertz CT molecular complexity index is 1280. The van der Waals surface area contributed by atoms with E-state index < -0.39 is 0 Å². The number of aromatic amines is 1. The number of rotatable bonds is 2. The van der Waals surface area contributed by atoms with Crippen molar-refractivity contribution in [3.8, 4) is 11.4 Å². The summed E-state index contributed by atoms with van der Waals surface area (Å²) in [6.45, 7) is 0.759. The quantitative estimate of drug-likeness (QED) is 0.577. The van der Waals surface area contributed by atoms with Crippen LogP contribution in [-0.4, -0.2) is 32.3 Å². The van der Waals surface area contributed by atoms with Crippen molar-refractivity contribution in [3.05, 3.63) is 94.2 Å². The number of aromatic nitrogens is 3. The molecular formula is C23H18N4O2. The van der Waals surface area contributed by atoms with Crippen LogP contribution in [0, 0.1) is 0 Å². The number of hydrogen-bond acceptors (Lipinski definition) is 4. The lowest BCUT2D eigenvalue weighted by Gasteiger charge is -2.28. The Balaban J connectivity index is 1.51. The SMILES string of the molecule is O=C(c1nccc2ccccc12)N1CCc2c(nc(-c3ccccc3)[nH]c2=O)C1. The summed E-state index contributed by atoms with van der Waals surface area (Å²) < 4.78 is 0. The highest BCUT2D eigenvalue weighted by Gasteiger charge is 2.27. The molecule has 6 nitrogen and oxygen atoms in total. The van der Waals surface area contributed by atoms with Gasteiger partial charge in [0.05, 0.1) is 12.2 Å². The Kier molecular flexibility index (Phi) is 4.17. The third-order valence-corrected chi connectivity index (χ3v) is 5.28. The van der Waals surface area contributed by atoms with E-state index in [2.05, 4.69) is 15.0 Å². The first kappa shape index (κ1) is 17.3. The fraction of sp³-hybridized carbons (Fsp3) is 0.130. The zero-order valence-electron chi connectivity index (χ0n) is 15.6. The van der Waals surface area contributed by atoms with Crippen molar-refractivity contribution >= 4 is 16.7 Å². The highest BCUT2D eigenvalue weighted by molar-refractivity contribution is 6.05. The fourth-order valence-electron chi connectivity index (χ4n) is 3.79. The minimum Gasteiger partial charge on any atom is -0.331 e. The van der Waals surface area contributed by atoms with Gasteiger partial charge in [-0.1, -0.05) is 54.6 Å². The van der Waals surface area contributed by atoms with Gasteiger partial charge in [-0.3, -0.25) is 14.6 Å². The van der Waals surface area contributed by atoms with Gasteiger partial charge < -0.3 is 9.88 Å². The van der Waals surface area contributed by atoms with Gasteiger partial charge in [-0.15, -0.1) is 0 Å². The predicted molar refractivity (Wildman–Crippen MR) is 110 cm³/mol. The van der Waals surface area contributed by atoms with E-state index in [1.807, 2.05) is 60.7 Å². The fourth-order valence-corrected chi connectivity index (χ4v) is 3.79. The Morgan fingerprint density at radius 2 is 1.79 bits per heavy atom. The van der Waals surface area contributed by atoms with Gasteiger partial charge in [0, 0.05) is 29.3 Å². The van der Waals surface area contributed by atoms with Gasteiger partial charge >= 0.3 is 0 Å². The number of nitrogens with zero attached hydrogens (tertiary/aromatic N) is 3. The van der Waals surface area contributed by atoms with Crippen molar-refractivity contribution in [2.75, 3.05) is 6.54 Å². The van der Waals surface area contributed by atoms with Crippen molar-refractivity contribution in [1.29, 1.82) is 0 Å². The summed E-state index contributed by atoms with van der Waals surface area (Å²) >= 11 is 0. The van der Waals surface area contributed by atoms with Gasteiger partial charge in [0.25, 0.3) is 11.5 Å². The molecule has 1 aliphatic heterocycles. The molecule has 0 saturated carbocycles. The number of carbonyl (C=O) groups is 1. The third kappa shape index (κ3) is 3.08. The summed E-state index contributed by atoms with van der Waals surface area (Å²) in [5, 5.41) is 1.80. The van der Waals surface area contributed by atoms with Crippen molar-refractivity contribution < 1.29 is 4.79 Å². The van der Waals surface area contributed by atoms with Crippen LogP contribution in [0.1, 0.15) is 21.7 Å². The predicted octanol–water partition coefficient (Wildman–Crippen LogP) is 3.18. The van der Waals surface area contributed by atoms with Gasteiger partial charge in [-0.25, -0.2) is 4.98 Å². The number of nitrogens with one attached hydrogen (secondary N) is 1. The molecule has 1 aliphatic rings. The molecule has 0 fully saturated rings. The number of benzene rings is 2.